The maximum Gasteiger partial charge on any atom is 0.123 e. The predicted molar refractivity (Wildman–Crippen MR) is 117 cm³/mol. The molecule has 0 radical (unpaired) electrons. The van der Waals surface area contributed by atoms with E-state index in [1.165, 1.54) is 12.1 Å². The molecule has 3 aromatic rings. The van der Waals surface area contributed by atoms with Gasteiger partial charge in [0.15, 0.2) is 0 Å². The number of rotatable bonds is 5. The number of aromatic nitrogens is 2. The van der Waals surface area contributed by atoms with Gasteiger partial charge in [0.2, 0.25) is 0 Å². The number of aliphatic hydroxyl groups is 1. The molecule has 3 N–H and O–H groups in total. The number of hydrogen-bond donors (Lipinski definition) is 2. The van der Waals surface area contributed by atoms with Gasteiger partial charge in [0.25, 0.3) is 0 Å². The second-order valence-electron chi connectivity index (χ2n) is 7.95. The molecule has 5 nitrogen and oxygen atoms in total. The topological polar surface area (TPSA) is 76.4 Å². The smallest absolute Gasteiger partial charge is 0.123 e. The van der Waals surface area contributed by atoms with Gasteiger partial charge in [0.1, 0.15) is 5.82 Å². The molecule has 1 aromatic heterocycles. The third kappa shape index (κ3) is 3.30. The van der Waals surface area contributed by atoms with Gasteiger partial charge in [-0.25, -0.2) is 4.39 Å². The van der Waals surface area contributed by atoms with Crippen molar-refractivity contribution < 1.29 is 9.50 Å². The zero-order valence-corrected chi connectivity index (χ0v) is 17.1. The summed E-state index contributed by atoms with van der Waals surface area (Å²) in [5.41, 5.74) is 12.5. The van der Waals surface area contributed by atoms with E-state index < -0.39 is 0 Å². The molecule has 1 atom stereocenters. The van der Waals surface area contributed by atoms with Crippen molar-refractivity contribution in [3.05, 3.63) is 69.8 Å². The van der Waals surface area contributed by atoms with Crippen LogP contribution in [0, 0.1) is 5.82 Å². The summed E-state index contributed by atoms with van der Waals surface area (Å²) in [6.07, 6.45) is 8.47. The average Bonchev–Trinajstić information content (AvgIpc) is 3.48. The molecule has 2 aromatic carbocycles. The number of aliphatic imine (C=N–C) groups is 1. The van der Waals surface area contributed by atoms with Crippen LogP contribution in [-0.4, -0.2) is 34.3 Å². The van der Waals surface area contributed by atoms with E-state index in [0.717, 1.165) is 40.7 Å². The predicted octanol–water partition coefficient (Wildman–Crippen LogP) is 4.36. The summed E-state index contributed by atoms with van der Waals surface area (Å²) in [6, 6.07) is 6.79. The van der Waals surface area contributed by atoms with E-state index in [0.29, 0.717) is 35.3 Å². The van der Waals surface area contributed by atoms with Crippen LogP contribution in [0.1, 0.15) is 47.1 Å². The molecular formula is C23H22ClFN4O. The molecule has 0 bridgehead atoms. The molecule has 7 heteroatoms. The van der Waals surface area contributed by atoms with E-state index in [1.807, 2.05) is 29.4 Å². The number of hydrogen-bond acceptors (Lipinski definition) is 4. The van der Waals surface area contributed by atoms with Crippen molar-refractivity contribution in [2.45, 2.75) is 31.2 Å². The molecule has 1 unspecified atom stereocenters. The van der Waals surface area contributed by atoms with Crippen LogP contribution in [-0.2, 0) is 6.42 Å². The molecule has 1 aliphatic heterocycles. The summed E-state index contributed by atoms with van der Waals surface area (Å²) in [5, 5.41) is 14.8. The van der Waals surface area contributed by atoms with Gasteiger partial charge in [-0.3, -0.25) is 9.67 Å². The summed E-state index contributed by atoms with van der Waals surface area (Å²) in [6.45, 7) is 0.442. The number of nitrogen functional groups attached to an aromatic ring is 1. The van der Waals surface area contributed by atoms with Crippen molar-refractivity contribution in [3.8, 4) is 11.1 Å². The summed E-state index contributed by atoms with van der Waals surface area (Å²) in [4.78, 5) is 4.55. The Balaban J connectivity index is 1.67. The lowest BCUT2D eigenvalue weighted by atomic mass is 9.80. The Morgan fingerprint density at radius 3 is 2.87 bits per heavy atom. The van der Waals surface area contributed by atoms with Crippen LogP contribution in [0.3, 0.4) is 0 Å². The molecule has 30 heavy (non-hydrogen) atoms. The van der Waals surface area contributed by atoms with Gasteiger partial charge in [-0.15, -0.1) is 0 Å². The van der Waals surface area contributed by atoms with Crippen LogP contribution in [0.25, 0.3) is 11.1 Å². The zero-order chi connectivity index (χ0) is 20.8. The lowest BCUT2D eigenvalue weighted by Crippen LogP contribution is -2.18. The molecule has 1 fully saturated rings. The van der Waals surface area contributed by atoms with E-state index >= 15 is 0 Å². The second-order valence-corrected chi connectivity index (χ2v) is 8.35. The minimum absolute atomic E-state index is 0.000647. The van der Waals surface area contributed by atoms with Crippen molar-refractivity contribution in [2.75, 3.05) is 18.9 Å². The molecular weight excluding hydrogens is 403 g/mol. The molecule has 1 saturated carbocycles. The molecule has 154 valence electrons. The Morgan fingerprint density at radius 1 is 1.27 bits per heavy atom. The van der Waals surface area contributed by atoms with Gasteiger partial charge in [0, 0.05) is 46.8 Å². The Morgan fingerprint density at radius 2 is 2.10 bits per heavy atom. The van der Waals surface area contributed by atoms with Crippen LogP contribution >= 0.6 is 11.6 Å². The van der Waals surface area contributed by atoms with E-state index in [9.17, 15) is 9.50 Å². The Kier molecular flexibility index (Phi) is 4.83. The monoisotopic (exact) mass is 424 g/mol. The molecule has 2 heterocycles. The fourth-order valence-corrected chi connectivity index (χ4v) is 4.60. The number of aliphatic hydroxyl groups excluding tert-OH is 1. The van der Waals surface area contributed by atoms with Crippen LogP contribution in [0.2, 0.25) is 5.02 Å². The maximum atomic E-state index is 14.0. The highest BCUT2D eigenvalue weighted by Crippen LogP contribution is 2.42. The summed E-state index contributed by atoms with van der Waals surface area (Å²) in [7, 11) is 0. The fourth-order valence-electron chi connectivity index (χ4n) is 4.35. The number of nitrogens with two attached hydrogens (primary N) is 1. The lowest BCUT2D eigenvalue weighted by Gasteiger charge is -2.27. The summed E-state index contributed by atoms with van der Waals surface area (Å²) < 4.78 is 16.0. The first kappa shape index (κ1) is 19.3. The van der Waals surface area contributed by atoms with Crippen LogP contribution in [0.5, 0.6) is 0 Å². The van der Waals surface area contributed by atoms with Gasteiger partial charge in [-0.05, 0) is 65.8 Å². The van der Waals surface area contributed by atoms with Gasteiger partial charge in [0.05, 0.1) is 18.8 Å². The summed E-state index contributed by atoms with van der Waals surface area (Å²) >= 11 is 6.40. The van der Waals surface area contributed by atoms with E-state index in [4.69, 9.17) is 17.3 Å². The van der Waals surface area contributed by atoms with E-state index in [-0.39, 0.29) is 18.3 Å². The van der Waals surface area contributed by atoms with Crippen molar-refractivity contribution in [1.29, 1.82) is 0 Å². The zero-order valence-electron chi connectivity index (χ0n) is 16.4. The standard InChI is InChI=1S/C23H22ClFN4O/c24-21-4-1-14(25)7-18(21)20-11-27-10-19-16(5-6-30)17(8-22(26)23(19)20)13-9-28-29(12-13)15-2-3-15/h1,4,7-10,12,15,20,30H,2-3,5-6,11,26H2. The minimum atomic E-state index is -0.344. The second kappa shape index (κ2) is 7.52. The fraction of sp³-hybridized carbons (Fsp3) is 0.304. The third-order valence-electron chi connectivity index (χ3n) is 5.94. The maximum absolute atomic E-state index is 14.0. The molecule has 2 aliphatic rings. The first-order chi connectivity index (χ1) is 14.6. The number of anilines is 1. The number of fused-ring (bicyclic) bond motifs is 1. The Labute approximate surface area is 179 Å². The molecule has 0 amide bonds. The normalized spacial score (nSPS) is 17.9. The van der Waals surface area contributed by atoms with Crippen molar-refractivity contribution >= 4 is 23.5 Å². The lowest BCUT2D eigenvalue weighted by molar-refractivity contribution is 0.299. The third-order valence-corrected chi connectivity index (χ3v) is 6.28. The Hall–Kier alpha value is -2.70. The number of benzene rings is 2. The highest BCUT2D eigenvalue weighted by molar-refractivity contribution is 6.31. The van der Waals surface area contributed by atoms with E-state index in [2.05, 4.69) is 10.1 Å². The molecule has 0 saturated heterocycles. The highest BCUT2D eigenvalue weighted by Gasteiger charge is 2.29. The Bertz CT molecular complexity index is 1150. The van der Waals surface area contributed by atoms with Crippen LogP contribution in [0.15, 0.2) is 41.7 Å². The van der Waals surface area contributed by atoms with Gasteiger partial charge in [-0.1, -0.05) is 11.6 Å². The van der Waals surface area contributed by atoms with Crippen molar-refractivity contribution in [1.82, 2.24) is 9.78 Å². The first-order valence-corrected chi connectivity index (χ1v) is 10.5. The van der Waals surface area contributed by atoms with Crippen LogP contribution < -0.4 is 5.73 Å². The van der Waals surface area contributed by atoms with Gasteiger partial charge < -0.3 is 10.8 Å². The largest absolute Gasteiger partial charge is 0.398 e. The quantitative estimate of drug-likeness (QED) is 0.597. The summed E-state index contributed by atoms with van der Waals surface area (Å²) in [5.74, 6) is -0.586. The molecule has 5 rings (SSSR count). The number of halogens is 2. The van der Waals surface area contributed by atoms with Gasteiger partial charge in [-0.2, -0.15) is 5.10 Å². The van der Waals surface area contributed by atoms with E-state index in [1.54, 1.807) is 6.07 Å². The van der Waals surface area contributed by atoms with Crippen LogP contribution in [0.4, 0.5) is 10.1 Å². The molecule has 1 aliphatic carbocycles. The average molecular weight is 425 g/mol. The first-order valence-electron chi connectivity index (χ1n) is 10.1. The van der Waals surface area contributed by atoms with Gasteiger partial charge >= 0.3 is 0 Å². The minimum Gasteiger partial charge on any atom is -0.398 e. The van der Waals surface area contributed by atoms with Crippen molar-refractivity contribution in [3.63, 3.8) is 0 Å². The van der Waals surface area contributed by atoms with Crippen molar-refractivity contribution in [2.24, 2.45) is 4.99 Å². The SMILES string of the molecule is Nc1cc(-c2cnn(C3CC3)c2)c(CCO)c2c1C(c1cc(F)ccc1Cl)CN=C2. The molecule has 0 spiro atoms. The highest BCUT2D eigenvalue weighted by atomic mass is 35.5. The number of nitrogens with zero attached hydrogens (tertiary/aromatic N) is 3.